The lowest BCUT2D eigenvalue weighted by Gasteiger charge is -2.27. The maximum Gasteiger partial charge on any atom is 0.0125 e. The SMILES string of the molecule is CC1(C)C(=CBr)C(C)(C)c2ccccc21. The minimum Gasteiger partial charge on any atom is -0.0619 e. The van der Waals surface area contributed by atoms with E-state index in [9.17, 15) is 0 Å². The van der Waals surface area contributed by atoms with Crippen LogP contribution >= 0.6 is 15.9 Å². The predicted molar refractivity (Wildman–Crippen MR) is 69.5 cm³/mol. The van der Waals surface area contributed by atoms with E-state index in [0.29, 0.717) is 0 Å². The average molecular weight is 265 g/mol. The zero-order chi connectivity index (χ0) is 11.3. The van der Waals surface area contributed by atoms with Crippen LogP contribution in [0, 0.1) is 0 Å². The Labute approximate surface area is 101 Å². The lowest BCUT2D eigenvalue weighted by atomic mass is 9.77. The molecule has 0 heterocycles. The van der Waals surface area contributed by atoms with Gasteiger partial charge in [-0.15, -0.1) is 0 Å². The van der Waals surface area contributed by atoms with Crippen LogP contribution in [0.4, 0.5) is 0 Å². The summed E-state index contributed by atoms with van der Waals surface area (Å²) in [5.41, 5.74) is 4.66. The number of fused-ring (bicyclic) bond motifs is 1. The lowest BCUT2D eigenvalue weighted by molar-refractivity contribution is 0.552. The Kier molecular flexibility index (Phi) is 2.34. The molecule has 0 saturated carbocycles. The molecule has 0 nitrogen and oxygen atoms in total. The largest absolute Gasteiger partial charge is 0.0619 e. The molecule has 0 amide bonds. The topological polar surface area (TPSA) is 0 Å². The Morgan fingerprint density at radius 1 is 0.933 bits per heavy atom. The second-order valence-corrected chi connectivity index (χ2v) is 5.78. The van der Waals surface area contributed by atoms with Gasteiger partial charge < -0.3 is 0 Å². The second-order valence-electron chi connectivity index (χ2n) is 5.32. The van der Waals surface area contributed by atoms with E-state index in [-0.39, 0.29) is 10.8 Å². The van der Waals surface area contributed by atoms with Gasteiger partial charge in [0.15, 0.2) is 0 Å². The molecule has 0 spiro atoms. The molecule has 1 aromatic rings. The smallest absolute Gasteiger partial charge is 0.0125 e. The molecule has 0 N–H and O–H groups in total. The first-order valence-corrected chi connectivity index (χ1v) is 6.25. The first kappa shape index (κ1) is 10.9. The lowest BCUT2D eigenvalue weighted by Crippen LogP contribution is -2.22. The summed E-state index contributed by atoms with van der Waals surface area (Å²) < 4.78 is 0. The number of hydrogen-bond donors (Lipinski definition) is 0. The van der Waals surface area contributed by atoms with Crippen molar-refractivity contribution in [3.8, 4) is 0 Å². The van der Waals surface area contributed by atoms with Crippen molar-refractivity contribution in [1.82, 2.24) is 0 Å². The van der Waals surface area contributed by atoms with Gasteiger partial charge in [0.2, 0.25) is 0 Å². The van der Waals surface area contributed by atoms with Crippen LogP contribution < -0.4 is 0 Å². The van der Waals surface area contributed by atoms with Gasteiger partial charge in [-0.05, 0) is 21.7 Å². The Morgan fingerprint density at radius 2 is 1.33 bits per heavy atom. The molecule has 0 atom stereocenters. The van der Waals surface area contributed by atoms with Crippen molar-refractivity contribution in [2.75, 3.05) is 0 Å². The average Bonchev–Trinajstić information content (AvgIpc) is 2.32. The summed E-state index contributed by atoms with van der Waals surface area (Å²) in [6.07, 6.45) is 0. The van der Waals surface area contributed by atoms with Crippen LogP contribution in [-0.2, 0) is 10.8 Å². The Hall–Kier alpha value is -0.560. The summed E-state index contributed by atoms with van der Waals surface area (Å²) in [6.45, 7) is 9.20. The highest BCUT2D eigenvalue weighted by atomic mass is 79.9. The van der Waals surface area contributed by atoms with E-state index in [0.717, 1.165) is 0 Å². The van der Waals surface area contributed by atoms with E-state index >= 15 is 0 Å². The monoisotopic (exact) mass is 264 g/mol. The fourth-order valence-electron chi connectivity index (χ4n) is 2.92. The molecular formula is C14H17Br. The summed E-state index contributed by atoms with van der Waals surface area (Å²) in [4.78, 5) is 2.10. The molecule has 0 radical (unpaired) electrons. The summed E-state index contributed by atoms with van der Waals surface area (Å²) in [6, 6.07) is 8.77. The van der Waals surface area contributed by atoms with Crippen molar-refractivity contribution in [1.29, 1.82) is 0 Å². The number of allylic oxidation sites excluding steroid dienone is 1. The van der Waals surface area contributed by atoms with E-state index in [4.69, 9.17) is 0 Å². The molecule has 0 bridgehead atoms. The van der Waals surface area contributed by atoms with Crippen LogP contribution in [0.3, 0.4) is 0 Å². The van der Waals surface area contributed by atoms with Crippen molar-refractivity contribution < 1.29 is 0 Å². The fraction of sp³-hybridized carbons (Fsp3) is 0.429. The maximum absolute atomic E-state index is 3.52. The van der Waals surface area contributed by atoms with E-state index < -0.39 is 0 Å². The number of rotatable bonds is 0. The number of hydrogen-bond acceptors (Lipinski definition) is 0. The van der Waals surface area contributed by atoms with Crippen LogP contribution in [0.1, 0.15) is 38.8 Å². The maximum atomic E-state index is 3.52. The van der Waals surface area contributed by atoms with Crippen LogP contribution in [0.15, 0.2) is 34.8 Å². The molecular weight excluding hydrogens is 248 g/mol. The van der Waals surface area contributed by atoms with Gasteiger partial charge in [-0.2, -0.15) is 0 Å². The Bertz CT molecular complexity index is 388. The molecule has 0 fully saturated rings. The zero-order valence-electron chi connectivity index (χ0n) is 9.76. The van der Waals surface area contributed by atoms with Crippen LogP contribution in [0.5, 0.6) is 0 Å². The quantitative estimate of drug-likeness (QED) is 0.646. The van der Waals surface area contributed by atoms with E-state index in [2.05, 4.69) is 72.9 Å². The van der Waals surface area contributed by atoms with Crippen molar-refractivity contribution in [2.24, 2.45) is 0 Å². The third-order valence-corrected chi connectivity index (χ3v) is 4.19. The molecule has 1 aliphatic rings. The Morgan fingerprint density at radius 3 is 1.67 bits per heavy atom. The third kappa shape index (κ3) is 1.32. The van der Waals surface area contributed by atoms with Gasteiger partial charge >= 0.3 is 0 Å². The third-order valence-electron chi connectivity index (χ3n) is 3.73. The van der Waals surface area contributed by atoms with Crippen molar-refractivity contribution in [3.63, 3.8) is 0 Å². The van der Waals surface area contributed by atoms with Gasteiger partial charge in [-0.25, -0.2) is 0 Å². The minimum absolute atomic E-state index is 0.142. The summed E-state index contributed by atoms with van der Waals surface area (Å²) in [7, 11) is 0. The fourth-order valence-corrected chi connectivity index (χ4v) is 4.06. The number of benzene rings is 1. The van der Waals surface area contributed by atoms with Gasteiger partial charge in [-0.1, -0.05) is 67.9 Å². The van der Waals surface area contributed by atoms with Crippen molar-refractivity contribution >= 4 is 15.9 Å². The molecule has 0 aliphatic heterocycles. The highest BCUT2D eigenvalue weighted by Crippen LogP contribution is 2.53. The first-order chi connectivity index (χ1) is 6.92. The molecule has 15 heavy (non-hydrogen) atoms. The predicted octanol–water partition coefficient (Wildman–Crippen LogP) is 4.53. The van der Waals surface area contributed by atoms with Crippen LogP contribution in [-0.4, -0.2) is 0 Å². The summed E-state index contributed by atoms with van der Waals surface area (Å²) in [5.74, 6) is 0. The summed E-state index contributed by atoms with van der Waals surface area (Å²) >= 11 is 3.52. The minimum atomic E-state index is 0.142. The van der Waals surface area contributed by atoms with Gasteiger partial charge in [0.25, 0.3) is 0 Å². The normalized spacial score (nSPS) is 21.3. The molecule has 0 unspecified atom stereocenters. The van der Waals surface area contributed by atoms with Crippen LogP contribution in [0.25, 0.3) is 0 Å². The molecule has 1 aromatic carbocycles. The zero-order valence-corrected chi connectivity index (χ0v) is 11.4. The highest BCUT2D eigenvalue weighted by molar-refractivity contribution is 9.11. The second kappa shape index (κ2) is 3.21. The molecule has 80 valence electrons. The van der Waals surface area contributed by atoms with Gasteiger partial charge in [-0.3, -0.25) is 0 Å². The first-order valence-electron chi connectivity index (χ1n) is 5.33. The molecule has 1 aliphatic carbocycles. The van der Waals surface area contributed by atoms with Gasteiger partial charge in [0.05, 0.1) is 0 Å². The van der Waals surface area contributed by atoms with Gasteiger partial charge in [0, 0.05) is 10.8 Å². The molecule has 0 saturated heterocycles. The Balaban J connectivity index is 2.77. The van der Waals surface area contributed by atoms with Gasteiger partial charge in [0.1, 0.15) is 0 Å². The van der Waals surface area contributed by atoms with E-state index in [1.54, 1.807) is 0 Å². The molecule has 1 heteroatoms. The molecule has 0 aromatic heterocycles. The molecule has 2 rings (SSSR count). The standard InChI is InChI=1S/C14H17Br/c1-13(2)10-7-5-6-8-11(10)14(3,4)12(13)9-15/h5-9H,1-4H3. The van der Waals surface area contributed by atoms with E-state index in [1.807, 2.05) is 0 Å². The van der Waals surface area contributed by atoms with Crippen molar-refractivity contribution in [3.05, 3.63) is 46.0 Å². The van der Waals surface area contributed by atoms with Crippen LogP contribution in [0.2, 0.25) is 0 Å². The summed E-state index contributed by atoms with van der Waals surface area (Å²) in [5, 5.41) is 0. The van der Waals surface area contributed by atoms with Crippen molar-refractivity contribution in [2.45, 2.75) is 38.5 Å². The number of halogens is 1. The highest BCUT2D eigenvalue weighted by Gasteiger charge is 2.45. The van der Waals surface area contributed by atoms with E-state index in [1.165, 1.54) is 16.7 Å².